The maximum Gasteiger partial charge on any atom is 0.326 e. The molecule has 1 aromatic carbocycles. The fourth-order valence-corrected chi connectivity index (χ4v) is 4.34. The van der Waals surface area contributed by atoms with E-state index in [4.69, 9.17) is 11.5 Å². The van der Waals surface area contributed by atoms with E-state index in [1.54, 1.807) is 20.0 Å². The average molecular weight is 549 g/mol. The number of benzene rings is 1. The molecule has 0 saturated heterocycles. The summed E-state index contributed by atoms with van der Waals surface area (Å²) < 4.78 is 0. The third-order valence-electron chi connectivity index (χ3n) is 5.96. The number of carboxylic acid groups (broad SMARTS) is 1. The number of hydrogen-bond donors (Lipinski definition) is 7. The highest BCUT2D eigenvalue weighted by atomic mass is 32.2. The Kier molecular flexibility index (Phi) is 11.6. The third-order valence-corrected chi connectivity index (χ3v) is 6.61. The number of amides is 4. The highest BCUT2D eigenvalue weighted by Crippen LogP contribution is 2.19. The van der Waals surface area contributed by atoms with E-state index >= 15 is 0 Å². The van der Waals surface area contributed by atoms with Crippen LogP contribution in [0.25, 0.3) is 10.9 Å². The number of nitrogens with two attached hydrogens (primary N) is 2. The molecule has 208 valence electrons. The summed E-state index contributed by atoms with van der Waals surface area (Å²) in [7, 11) is 0. The number of primary amides is 1. The summed E-state index contributed by atoms with van der Waals surface area (Å²) in [5.41, 5.74) is 13.0. The van der Waals surface area contributed by atoms with Gasteiger partial charge in [0.25, 0.3) is 0 Å². The first-order chi connectivity index (χ1) is 17.9. The molecule has 0 fully saturated rings. The van der Waals surface area contributed by atoms with Gasteiger partial charge in [-0.2, -0.15) is 11.8 Å². The molecule has 0 saturated carbocycles. The summed E-state index contributed by atoms with van der Waals surface area (Å²) in [5, 5.41) is 17.8. The van der Waals surface area contributed by atoms with Crippen molar-refractivity contribution < 1.29 is 29.1 Å². The Morgan fingerprint density at radius 3 is 2.26 bits per heavy atom. The van der Waals surface area contributed by atoms with Crippen molar-refractivity contribution in [2.24, 2.45) is 17.4 Å². The molecule has 4 atom stereocenters. The van der Waals surface area contributed by atoms with Crippen molar-refractivity contribution in [3.63, 3.8) is 0 Å². The first kappa shape index (κ1) is 30.6. The minimum absolute atomic E-state index is 0.250. The van der Waals surface area contributed by atoms with Crippen LogP contribution in [0.3, 0.4) is 0 Å². The van der Waals surface area contributed by atoms with Gasteiger partial charge in [0.05, 0.1) is 12.5 Å². The lowest BCUT2D eigenvalue weighted by atomic mass is 10.0. The molecule has 1 heterocycles. The standard InChI is InChI=1S/C25H36N6O6S/c1-13(2)21(24(35)30-19(25(36)37)11-20(27)32)31-23(34)18(8-9-38-3)29-22(33)16(26)10-14-12-28-17-7-5-4-6-15(14)17/h4-7,12-13,16,18-19,21,28H,8-11,26H2,1-3H3,(H2,27,32)(H,29,33)(H,30,35)(H,31,34)(H,36,37). The molecule has 0 aliphatic carbocycles. The SMILES string of the molecule is CSCCC(NC(=O)C(N)Cc1c[nH]c2ccccc12)C(=O)NC(C(=O)NC(CC(N)=O)C(=O)O)C(C)C. The highest BCUT2D eigenvalue weighted by Gasteiger charge is 2.32. The number of H-pyrrole nitrogens is 1. The second kappa shape index (κ2) is 14.4. The summed E-state index contributed by atoms with van der Waals surface area (Å²) in [4.78, 5) is 64.6. The average Bonchev–Trinajstić information content (AvgIpc) is 3.26. The van der Waals surface area contributed by atoms with Crippen LogP contribution in [0.4, 0.5) is 0 Å². The first-order valence-corrected chi connectivity index (χ1v) is 13.6. The van der Waals surface area contributed by atoms with E-state index in [2.05, 4.69) is 20.9 Å². The van der Waals surface area contributed by atoms with Crippen molar-refractivity contribution in [1.29, 1.82) is 0 Å². The smallest absolute Gasteiger partial charge is 0.326 e. The topological polar surface area (TPSA) is 209 Å². The molecule has 38 heavy (non-hydrogen) atoms. The number of fused-ring (bicyclic) bond motifs is 1. The molecule has 4 unspecified atom stereocenters. The Morgan fingerprint density at radius 2 is 1.66 bits per heavy atom. The van der Waals surface area contributed by atoms with E-state index in [0.717, 1.165) is 16.5 Å². The van der Waals surface area contributed by atoms with Crippen LogP contribution in [-0.4, -0.2) is 75.9 Å². The summed E-state index contributed by atoms with van der Waals surface area (Å²) in [6.07, 6.45) is 3.59. The van der Waals surface area contributed by atoms with Crippen molar-refractivity contribution in [1.82, 2.24) is 20.9 Å². The van der Waals surface area contributed by atoms with Gasteiger partial charge in [0.2, 0.25) is 23.6 Å². The molecule has 0 spiro atoms. The molecule has 0 radical (unpaired) electrons. The van der Waals surface area contributed by atoms with Crippen LogP contribution >= 0.6 is 11.8 Å². The summed E-state index contributed by atoms with van der Waals surface area (Å²) in [5.74, 6) is -4.12. The van der Waals surface area contributed by atoms with Crippen molar-refractivity contribution in [3.05, 3.63) is 36.0 Å². The van der Waals surface area contributed by atoms with Gasteiger partial charge in [-0.15, -0.1) is 0 Å². The van der Waals surface area contributed by atoms with Gasteiger partial charge in [-0.1, -0.05) is 32.0 Å². The summed E-state index contributed by atoms with van der Waals surface area (Å²) >= 11 is 1.48. The molecule has 0 aliphatic rings. The number of carbonyl (C=O) groups excluding carboxylic acids is 4. The second-order valence-electron chi connectivity index (χ2n) is 9.31. The zero-order valence-corrected chi connectivity index (χ0v) is 22.5. The second-order valence-corrected chi connectivity index (χ2v) is 10.3. The van der Waals surface area contributed by atoms with Gasteiger partial charge in [-0.3, -0.25) is 19.2 Å². The van der Waals surface area contributed by atoms with Crippen LogP contribution in [0.5, 0.6) is 0 Å². The number of carboxylic acids is 1. The predicted octanol–water partition coefficient (Wildman–Crippen LogP) is -0.139. The van der Waals surface area contributed by atoms with E-state index in [9.17, 15) is 29.1 Å². The highest BCUT2D eigenvalue weighted by molar-refractivity contribution is 7.98. The molecule has 0 aliphatic heterocycles. The molecule has 1 aromatic heterocycles. The Bertz CT molecular complexity index is 1150. The summed E-state index contributed by atoms with van der Waals surface area (Å²) in [6, 6.07) is 3.08. The molecular weight excluding hydrogens is 512 g/mol. The molecule has 4 amide bonds. The number of hydrogen-bond acceptors (Lipinski definition) is 7. The normalized spacial score (nSPS) is 14.3. The number of aliphatic carboxylic acids is 1. The Hall–Kier alpha value is -3.58. The van der Waals surface area contributed by atoms with E-state index in [0.29, 0.717) is 5.75 Å². The number of carbonyl (C=O) groups is 5. The lowest BCUT2D eigenvalue weighted by Crippen LogP contribution is -2.58. The zero-order chi connectivity index (χ0) is 28.4. The maximum atomic E-state index is 13.2. The Morgan fingerprint density at radius 1 is 1.00 bits per heavy atom. The minimum atomic E-state index is -1.53. The van der Waals surface area contributed by atoms with Crippen LogP contribution in [0, 0.1) is 5.92 Å². The Labute approximate surface area is 225 Å². The first-order valence-electron chi connectivity index (χ1n) is 12.2. The van der Waals surface area contributed by atoms with E-state index < -0.39 is 66.1 Å². The van der Waals surface area contributed by atoms with Crippen molar-refractivity contribution in [3.8, 4) is 0 Å². The van der Waals surface area contributed by atoms with Gasteiger partial charge in [-0.25, -0.2) is 4.79 Å². The van der Waals surface area contributed by atoms with Crippen molar-refractivity contribution >= 4 is 52.3 Å². The molecule has 12 nitrogen and oxygen atoms in total. The number of para-hydroxylation sites is 1. The number of aromatic amines is 1. The maximum absolute atomic E-state index is 13.2. The van der Waals surface area contributed by atoms with E-state index in [1.165, 1.54) is 11.8 Å². The van der Waals surface area contributed by atoms with Gasteiger partial charge >= 0.3 is 5.97 Å². The fourth-order valence-electron chi connectivity index (χ4n) is 3.86. The van der Waals surface area contributed by atoms with Crippen molar-refractivity contribution in [2.75, 3.05) is 12.0 Å². The zero-order valence-electron chi connectivity index (χ0n) is 21.7. The molecule has 9 N–H and O–H groups in total. The minimum Gasteiger partial charge on any atom is -0.480 e. The van der Waals surface area contributed by atoms with E-state index in [-0.39, 0.29) is 12.8 Å². The molecule has 2 rings (SSSR count). The van der Waals surface area contributed by atoms with Gasteiger partial charge < -0.3 is 37.5 Å². The number of nitrogens with one attached hydrogen (secondary N) is 4. The predicted molar refractivity (Wildman–Crippen MR) is 145 cm³/mol. The molecule has 2 aromatic rings. The van der Waals surface area contributed by atoms with Crippen LogP contribution < -0.4 is 27.4 Å². The van der Waals surface area contributed by atoms with Gasteiger partial charge in [0.1, 0.15) is 18.1 Å². The third kappa shape index (κ3) is 8.77. The van der Waals surface area contributed by atoms with Gasteiger partial charge in [0, 0.05) is 17.1 Å². The molecule has 0 bridgehead atoms. The van der Waals surface area contributed by atoms with Gasteiger partial charge in [-0.05, 0) is 42.4 Å². The van der Waals surface area contributed by atoms with Crippen LogP contribution in [-0.2, 0) is 30.4 Å². The summed E-state index contributed by atoms with van der Waals surface area (Å²) in [6.45, 7) is 3.34. The largest absolute Gasteiger partial charge is 0.480 e. The molecular formula is C25H36N6O6S. The number of aromatic nitrogens is 1. The van der Waals surface area contributed by atoms with Crippen LogP contribution in [0.15, 0.2) is 30.5 Å². The van der Waals surface area contributed by atoms with Crippen LogP contribution in [0.2, 0.25) is 0 Å². The fraction of sp³-hybridized carbons (Fsp3) is 0.480. The van der Waals surface area contributed by atoms with Gasteiger partial charge in [0.15, 0.2) is 0 Å². The lowest BCUT2D eigenvalue weighted by molar-refractivity contribution is -0.144. The number of rotatable bonds is 15. The lowest BCUT2D eigenvalue weighted by Gasteiger charge is -2.27. The van der Waals surface area contributed by atoms with E-state index in [1.807, 2.05) is 30.5 Å². The number of thioether (sulfide) groups is 1. The monoisotopic (exact) mass is 548 g/mol. The van der Waals surface area contributed by atoms with Crippen molar-refractivity contribution in [2.45, 2.75) is 57.3 Å². The molecule has 13 heteroatoms. The quantitative estimate of drug-likeness (QED) is 0.159. The van der Waals surface area contributed by atoms with Crippen LogP contribution in [0.1, 0.15) is 32.3 Å². The Balaban J connectivity index is 2.10.